The molecule has 2 rings (SSSR count). The van der Waals surface area contributed by atoms with Crippen molar-refractivity contribution in [1.82, 2.24) is 10.3 Å². The van der Waals surface area contributed by atoms with Gasteiger partial charge in [-0.2, -0.15) is 0 Å². The smallest absolute Gasteiger partial charge is 0.142 e. The monoisotopic (exact) mass is 332 g/mol. The van der Waals surface area contributed by atoms with Crippen LogP contribution in [0.2, 0.25) is 10.0 Å². The number of nitrogens with zero attached hydrogens (tertiary/aromatic N) is 1. The van der Waals surface area contributed by atoms with E-state index in [-0.39, 0.29) is 17.1 Å². The molecule has 6 heteroatoms. The summed E-state index contributed by atoms with van der Waals surface area (Å²) < 4.78 is 13.6. The number of aryl methyl sites for hydroxylation is 1. The summed E-state index contributed by atoms with van der Waals surface area (Å²) in [5.74, 6) is -0.461. The highest BCUT2D eigenvalue weighted by molar-refractivity contribution is 7.11. The van der Waals surface area contributed by atoms with Gasteiger partial charge in [-0.05, 0) is 32.9 Å². The molecule has 20 heavy (non-hydrogen) atoms. The Labute approximate surface area is 131 Å². The Morgan fingerprint density at radius 3 is 2.55 bits per heavy atom. The minimum absolute atomic E-state index is 0.0408. The predicted molar refractivity (Wildman–Crippen MR) is 83.2 cm³/mol. The fourth-order valence-corrected chi connectivity index (χ4v) is 3.53. The van der Waals surface area contributed by atoms with E-state index in [2.05, 4.69) is 10.3 Å². The van der Waals surface area contributed by atoms with Crippen molar-refractivity contribution in [2.75, 3.05) is 0 Å². The second-order valence-electron chi connectivity index (χ2n) is 4.68. The zero-order valence-electron chi connectivity index (χ0n) is 11.4. The maximum absolute atomic E-state index is 13.6. The lowest BCUT2D eigenvalue weighted by molar-refractivity contribution is 0.490. The normalized spacial score (nSPS) is 14.3. The molecule has 2 nitrogen and oxygen atoms in total. The number of nitrogens with one attached hydrogen (secondary N) is 1. The van der Waals surface area contributed by atoms with Crippen LogP contribution in [0.1, 0.15) is 41.4 Å². The minimum atomic E-state index is -0.461. The van der Waals surface area contributed by atoms with Gasteiger partial charge in [0.15, 0.2) is 0 Å². The summed E-state index contributed by atoms with van der Waals surface area (Å²) in [5.41, 5.74) is 0.577. The lowest BCUT2D eigenvalue weighted by Crippen LogP contribution is -2.23. The summed E-state index contributed by atoms with van der Waals surface area (Å²) in [6, 6.07) is 2.66. The van der Waals surface area contributed by atoms with Gasteiger partial charge in [0.2, 0.25) is 0 Å². The summed E-state index contributed by atoms with van der Waals surface area (Å²) in [4.78, 5) is 5.50. The van der Waals surface area contributed by atoms with Gasteiger partial charge < -0.3 is 5.32 Å². The average Bonchev–Trinajstić information content (AvgIpc) is 2.81. The summed E-state index contributed by atoms with van der Waals surface area (Å²) in [6.45, 7) is 5.93. The van der Waals surface area contributed by atoms with Gasteiger partial charge in [-0.3, -0.25) is 0 Å². The van der Waals surface area contributed by atoms with Crippen LogP contribution in [0.4, 0.5) is 4.39 Å². The third-order valence-electron chi connectivity index (χ3n) is 3.02. The standard InChI is InChI=1S/C14H15Cl2FN2S/c1-7-6-18-14(20-7)9(3)19-8(2)12-10(15)4-5-11(17)13(12)16/h4-6,8-9,19H,1-3H3. The average molecular weight is 333 g/mol. The highest BCUT2D eigenvalue weighted by atomic mass is 35.5. The second kappa shape index (κ2) is 6.39. The Morgan fingerprint density at radius 1 is 1.25 bits per heavy atom. The van der Waals surface area contributed by atoms with E-state index in [1.807, 2.05) is 27.0 Å². The van der Waals surface area contributed by atoms with E-state index in [4.69, 9.17) is 23.2 Å². The van der Waals surface area contributed by atoms with Gasteiger partial charge in [0, 0.05) is 27.7 Å². The van der Waals surface area contributed by atoms with E-state index in [9.17, 15) is 4.39 Å². The van der Waals surface area contributed by atoms with Gasteiger partial charge in [-0.15, -0.1) is 11.3 Å². The summed E-state index contributed by atoms with van der Waals surface area (Å²) in [7, 11) is 0. The Kier molecular flexibility index (Phi) is 5.02. The number of thiazole rings is 1. The molecule has 1 N–H and O–H groups in total. The molecule has 2 unspecified atom stereocenters. The van der Waals surface area contributed by atoms with E-state index in [1.54, 1.807) is 11.3 Å². The molecule has 1 aromatic heterocycles. The van der Waals surface area contributed by atoms with Crippen molar-refractivity contribution >= 4 is 34.5 Å². The molecule has 0 saturated heterocycles. The lowest BCUT2D eigenvalue weighted by atomic mass is 10.1. The van der Waals surface area contributed by atoms with Crippen LogP contribution in [0.5, 0.6) is 0 Å². The van der Waals surface area contributed by atoms with Crippen LogP contribution in [0.15, 0.2) is 18.3 Å². The molecule has 0 radical (unpaired) electrons. The van der Waals surface area contributed by atoms with Crippen molar-refractivity contribution in [1.29, 1.82) is 0 Å². The number of halogens is 3. The molecule has 0 aliphatic heterocycles. The number of aromatic nitrogens is 1. The van der Waals surface area contributed by atoms with Crippen molar-refractivity contribution in [2.24, 2.45) is 0 Å². The van der Waals surface area contributed by atoms with E-state index in [1.165, 1.54) is 12.1 Å². The maximum atomic E-state index is 13.6. The molecule has 0 fully saturated rings. The molecule has 0 aliphatic rings. The molecule has 0 amide bonds. The predicted octanol–water partition coefficient (Wildman–Crippen LogP) is 5.31. The fraction of sp³-hybridized carbons (Fsp3) is 0.357. The van der Waals surface area contributed by atoms with Crippen LogP contribution in [0, 0.1) is 12.7 Å². The van der Waals surface area contributed by atoms with Crippen molar-refractivity contribution in [2.45, 2.75) is 32.9 Å². The lowest BCUT2D eigenvalue weighted by Gasteiger charge is -2.21. The summed E-state index contributed by atoms with van der Waals surface area (Å²) in [6.07, 6.45) is 1.84. The summed E-state index contributed by atoms with van der Waals surface area (Å²) in [5, 5.41) is 4.86. The minimum Gasteiger partial charge on any atom is -0.301 e. The molecular formula is C14H15Cl2FN2S. The van der Waals surface area contributed by atoms with Crippen molar-refractivity contribution in [3.8, 4) is 0 Å². The number of hydrogen-bond donors (Lipinski definition) is 1. The van der Waals surface area contributed by atoms with Crippen molar-refractivity contribution in [3.05, 3.63) is 49.6 Å². The Hall–Kier alpha value is -0.680. The molecule has 0 bridgehead atoms. The van der Waals surface area contributed by atoms with Crippen LogP contribution in [0.3, 0.4) is 0 Å². The van der Waals surface area contributed by atoms with Crippen LogP contribution in [-0.2, 0) is 0 Å². The first-order valence-electron chi connectivity index (χ1n) is 6.22. The van der Waals surface area contributed by atoms with Gasteiger partial charge in [-0.1, -0.05) is 23.2 Å². The van der Waals surface area contributed by atoms with Crippen LogP contribution >= 0.6 is 34.5 Å². The van der Waals surface area contributed by atoms with Gasteiger partial charge >= 0.3 is 0 Å². The Bertz CT molecular complexity index is 615. The number of hydrogen-bond acceptors (Lipinski definition) is 3. The fourth-order valence-electron chi connectivity index (χ4n) is 2.04. The zero-order chi connectivity index (χ0) is 14.9. The molecule has 2 atom stereocenters. The highest BCUT2D eigenvalue weighted by Gasteiger charge is 2.20. The Balaban J connectivity index is 2.20. The quantitative estimate of drug-likeness (QED) is 0.767. The third kappa shape index (κ3) is 3.31. The summed E-state index contributed by atoms with van der Waals surface area (Å²) >= 11 is 13.8. The van der Waals surface area contributed by atoms with Gasteiger partial charge in [0.1, 0.15) is 10.8 Å². The first-order chi connectivity index (χ1) is 9.40. The van der Waals surface area contributed by atoms with Crippen LogP contribution in [-0.4, -0.2) is 4.98 Å². The highest BCUT2D eigenvalue weighted by Crippen LogP contribution is 2.33. The Morgan fingerprint density at radius 2 is 1.95 bits per heavy atom. The zero-order valence-corrected chi connectivity index (χ0v) is 13.7. The molecule has 0 aliphatic carbocycles. The number of rotatable bonds is 4. The maximum Gasteiger partial charge on any atom is 0.142 e. The first kappa shape index (κ1) is 15.7. The SMILES string of the molecule is Cc1cnc(C(C)NC(C)c2c(Cl)ccc(F)c2Cl)s1. The van der Waals surface area contributed by atoms with E-state index in [0.717, 1.165) is 9.88 Å². The van der Waals surface area contributed by atoms with E-state index in [0.29, 0.717) is 10.6 Å². The van der Waals surface area contributed by atoms with E-state index < -0.39 is 5.82 Å². The van der Waals surface area contributed by atoms with Crippen LogP contribution < -0.4 is 5.32 Å². The third-order valence-corrected chi connectivity index (χ3v) is 4.83. The molecular weight excluding hydrogens is 318 g/mol. The number of benzene rings is 1. The van der Waals surface area contributed by atoms with Crippen molar-refractivity contribution < 1.29 is 4.39 Å². The van der Waals surface area contributed by atoms with Gasteiger partial charge in [0.25, 0.3) is 0 Å². The molecule has 1 aromatic carbocycles. The molecule has 108 valence electrons. The largest absolute Gasteiger partial charge is 0.301 e. The molecule has 2 aromatic rings. The van der Waals surface area contributed by atoms with Gasteiger partial charge in [0.05, 0.1) is 11.1 Å². The topological polar surface area (TPSA) is 24.9 Å². The van der Waals surface area contributed by atoms with E-state index >= 15 is 0 Å². The molecule has 0 spiro atoms. The second-order valence-corrected chi connectivity index (χ2v) is 6.73. The first-order valence-corrected chi connectivity index (χ1v) is 7.79. The van der Waals surface area contributed by atoms with Crippen LogP contribution in [0.25, 0.3) is 0 Å². The van der Waals surface area contributed by atoms with Crippen molar-refractivity contribution in [3.63, 3.8) is 0 Å². The molecule has 0 saturated carbocycles. The molecule has 1 heterocycles. The van der Waals surface area contributed by atoms with Gasteiger partial charge in [-0.25, -0.2) is 9.37 Å².